The Morgan fingerprint density at radius 2 is 2.05 bits per heavy atom. The van der Waals surface area contributed by atoms with Gasteiger partial charge >= 0.3 is 0 Å². The zero-order valence-electron chi connectivity index (χ0n) is 12.9. The van der Waals surface area contributed by atoms with E-state index in [0.717, 1.165) is 16.7 Å². The number of nitrogens with one attached hydrogen (secondary N) is 1. The molecular formula is C16H21BrClN3. The quantitative estimate of drug-likeness (QED) is 0.856. The van der Waals surface area contributed by atoms with Gasteiger partial charge in [0.1, 0.15) is 0 Å². The van der Waals surface area contributed by atoms with Crippen LogP contribution in [-0.2, 0) is 13.1 Å². The van der Waals surface area contributed by atoms with E-state index in [1.807, 2.05) is 11.6 Å². The number of hydrogen-bond acceptors (Lipinski definition) is 2. The second-order valence-corrected chi connectivity index (χ2v) is 7.53. The van der Waals surface area contributed by atoms with Crippen LogP contribution in [-0.4, -0.2) is 15.3 Å². The van der Waals surface area contributed by atoms with Gasteiger partial charge in [-0.2, -0.15) is 5.10 Å². The molecule has 0 unspecified atom stereocenters. The van der Waals surface area contributed by atoms with Crippen molar-refractivity contribution < 1.29 is 0 Å². The summed E-state index contributed by atoms with van der Waals surface area (Å²) in [6.45, 7) is 10.0. The molecule has 0 saturated carbocycles. The molecule has 0 aliphatic rings. The highest BCUT2D eigenvalue weighted by Gasteiger charge is 2.10. The summed E-state index contributed by atoms with van der Waals surface area (Å²) in [5.41, 5.74) is 3.56. The van der Waals surface area contributed by atoms with Crippen LogP contribution >= 0.6 is 27.5 Å². The van der Waals surface area contributed by atoms with Crippen molar-refractivity contribution in [2.24, 2.45) is 0 Å². The van der Waals surface area contributed by atoms with Crippen LogP contribution in [0.2, 0.25) is 5.02 Å². The summed E-state index contributed by atoms with van der Waals surface area (Å²) >= 11 is 9.70. The van der Waals surface area contributed by atoms with Gasteiger partial charge in [0.05, 0.1) is 23.5 Å². The average molecular weight is 371 g/mol. The molecule has 0 aliphatic heterocycles. The lowest BCUT2D eigenvalue weighted by Gasteiger charge is -2.20. The van der Waals surface area contributed by atoms with Crippen LogP contribution in [0, 0.1) is 6.92 Å². The Hall–Kier alpha value is -0.840. The van der Waals surface area contributed by atoms with Crippen molar-refractivity contribution in [2.75, 3.05) is 0 Å². The predicted molar refractivity (Wildman–Crippen MR) is 91.8 cm³/mol. The number of hydrogen-bond donors (Lipinski definition) is 1. The van der Waals surface area contributed by atoms with Crippen LogP contribution in [0.1, 0.15) is 37.6 Å². The van der Waals surface area contributed by atoms with E-state index in [1.54, 1.807) is 6.20 Å². The third-order valence-electron chi connectivity index (χ3n) is 3.30. The Balaban J connectivity index is 2.11. The van der Waals surface area contributed by atoms with Gasteiger partial charge in [-0.1, -0.05) is 39.7 Å². The first-order valence-electron chi connectivity index (χ1n) is 6.96. The first-order valence-corrected chi connectivity index (χ1v) is 8.13. The molecule has 0 atom stereocenters. The van der Waals surface area contributed by atoms with E-state index in [-0.39, 0.29) is 5.54 Å². The zero-order chi connectivity index (χ0) is 15.6. The van der Waals surface area contributed by atoms with Gasteiger partial charge in [0.2, 0.25) is 0 Å². The van der Waals surface area contributed by atoms with Gasteiger partial charge in [-0.15, -0.1) is 0 Å². The summed E-state index contributed by atoms with van der Waals surface area (Å²) in [6.07, 6.45) is 1.69. The predicted octanol–water partition coefficient (Wildman–Crippen LogP) is 4.54. The Kier molecular flexibility index (Phi) is 5.12. The minimum atomic E-state index is 0.119. The van der Waals surface area contributed by atoms with Gasteiger partial charge in [0, 0.05) is 16.6 Å². The fourth-order valence-corrected chi connectivity index (χ4v) is 2.63. The molecule has 0 radical (unpaired) electrons. The highest BCUT2D eigenvalue weighted by atomic mass is 79.9. The van der Waals surface area contributed by atoms with E-state index in [9.17, 15) is 0 Å². The Bertz CT molecular complexity index is 629. The summed E-state index contributed by atoms with van der Waals surface area (Å²) < 4.78 is 3.01. The molecule has 0 fully saturated rings. The summed E-state index contributed by atoms with van der Waals surface area (Å²) in [5.74, 6) is 0. The molecule has 2 aromatic rings. The molecule has 0 saturated heterocycles. The maximum atomic E-state index is 6.04. The Morgan fingerprint density at radius 1 is 1.33 bits per heavy atom. The Morgan fingerprint density at radius 3 is 2.57 bits per heavy atom. The number of nitrogens with zero attached hydrogens (tertiary/aromatic N) is 2. The van der Waals surface area contributed by atoms with E-state index in [1.165, 1.54) is 11.1 Å². The lowest BCUT2D eigenvalue weighted by Crippen LogP contribution is -2.35. The maximum absolute atomic E-state index is 6.04. The molecule has 1 heterocycles. The van der Waals surface area contributed by atoms with Gasteiger partial charge in [-0.25, -0.2) is 0 Å². The normalized spacial score (nSPS) is 11.9. The molecule has 1 aromatic carbocycles. The van der Waals surface area contributed by atoms with E-state index >= 15 is 0 Å². The molecule has 21 heavy (non-hydrogen) atoms. The molecule has 0 aliphatic carbocycles. The van der Waals surface area contributed by atoms with Crippen LogP contribution in [0.3, 0.4) is 0 Å². The molecule has 1 aromatic heterocycles. The standard InChI is InChI=1S/C16H21BrClN3/c1-11-15(18)9-20-21(11)10-13-6-5-12(7-14(13)17)8-19-16(2,3)4/h5-7,9,19H,8,10H2,1-4H3. The molecule has 0 bridgehead atoms. The lowest BCUT2D eigenvalue weighted by molar-refractivity contribution is 0.424. The highest BCUT2D eigenvalue weighted by molar-refractivity contribution is 9.10. The van der Waals surface area contributed by atoms with Gasteiger partial charge in [-0.05, 0) is 44.9 Å². The second-order valence-electron chi connectivity index (χ2n) is 6.26. The fourth-order valence-electron chi connectivity index (χ4n) is 1.94. The third-order valence-corrected chi connectivity index (χ3v) is 4.41. The maximum Gasteiger partial charge on any atom is 0.0815 e. The summed E-state index contributed by atoms with van der Waals surface area (Å²) in [4.78, 5) is 0. The molecular weight excluding hydrogens is 350 g/mol. The lowest BCUT2D eigenvalue weighted by atomic mass is 10.1. The molecule has 1 N–H and O–H groups in total. The van der Waals surface area contributed by atoms with Crippen molar-refractivity contribution in [3.8, 4) is 0 Å². The molecule has 114 valence electrons. The monoisotopic (exact) mass is 369 g/mol. The van der Waals surface area contributed by atoms with Gasteiger partial charge in [-0.3, -0.25) is 4.68 Å². The minimum absolute atomic E-state index is 0.119. The summed E-state index contributed by atoms with van der Waals surface area (Å²) in [6, 6.07) is 6.45. The molecule has 0 amide bonds. The van der Waals surface area contributed by atoms with Crippen LogP contribution in [0.5, 0.6) is 0 Å². The van der Waals surface area contributed by atoms with Crippen molar-refractivity contribution in [1.82, 2.24) is 15.1 Å². The first-order chi connectivity index (χ1) is 9.76. The minimum Gasteiger partial charge on any atom is -0.308 e. The van der Waals surface area contributed by atoms with E-state index < -0.39 is 0 Å². The largest absolute Gasteiger partial charge is 0.308 e. The van der Waals surface area contributed by atoms with Crippen molar-refractivity contribution in [3.05, 3.63) is 50.7 Å². The van der Waals surface area contributed by atoms with Crippen molar-refractivity contribution in [1.29, 1.82) is 0 Å². The van der Waals surface area contributed by atoms with E-state index in [4.69, 9.17) is 11.6 Å². The van der Waals surface area contributed by atoms with Crippen molar-refractivity contribution >= 4 is 27.5 Å². The Labute approximate surface area is 139 Å². The fraction of sp³-hybridized carbons (Fsp3) is 0.438. The molecule has 5 heteroatoms. The smallest absolute Gasteiger partial charge is 0.0815 e. The van der Waals surface area contributed by atoms with E-state index in [0.29, 0.717) is 11.6 Å². The molecule has 2 rings (SSSR count). The van der Waals surface area contributed by atoms with Crippen molar-refractivity contribution in [3.63, 3.8) is 0 Å². The van der Waals surface area contributed by atoms with Crippen LogP contribution < -0.4 is 5.32 Å². The third kappa shape index (κ3) is 4.56. The molecule has 0 spiro atoms. The van der Waals surface area contributed by atoms with Crippen LogP contribution in [0.15, 0.2) is 28.9 Å². The first kappa shape index (κ1) is 16.5. The number of benzene rings is 1. The number of halogens is 2. The highest BCUT2D eigenvalue weighted by Crippen LogP contribution is 2.22. The SMILES string of the molecule is Cc1c(Cl)cnn1Cc1ccc(CNC(C)(C)C)cc1Br. The second kappa shape index (κ2) is 6.51. The van der Waals surface area contributed by atoms with Gasteiger partial charge in [0.15, 0.2) is 0 Å². The molecule has 3 nitrogen and oxygen atoms in total. The summed E-state index contributed by atoms with van der Waals surface area (Å²) in [7, 11) is 0. The van der Waals surface area contributed by atoms with Crippen LogP contribution in [0.4, 0.5) is 0 Å². The number of rotatable bonds is 4. The summed E-state index contributed by atoms with van der Waals surface area (Å²) in [5, 5.41) is 8.49. The van der Waals surface area contributed by atoms with Gasteiger partial charge in [0.25, 0.3) is 0 Å². The van der Waals surface area contributed by atoms with Crippen LogP contribution in [0.25, 0.3) is 0 Å². The van der Waals surface area contributed by atoms with E-state index in [2.05, 4.69) is 65.3 Å². The van der Waals surface area contributed by atoms with Gasteiger partial charge < -0.3 is 5.32 Å². The number of aromatic nitrogens is 2. The van der Waals surface area contributed by atoms with Crippen molar-refractivity contribution in [2.45, 2.75) is 46.3 Å². The zero-order valence-corrected chi connectivity index (χ0v) is 15.2. The topological polar surface area (TPSA) is 29.9 Å². The average Bonchev–Trinajstić information content (AvgIpc) is 2.70.